The average molecular weight is 619 g/mol. The van der Waals surface area contributed by atoms with Crippen LogP contribution in [0.1, 0.15) is 60.0 Å². The van der Waals surface area contributed by atoms with E-state index in [2.05, 4.69) is 32.1 Å². The summed E-state index contributed by atoms with van der Waals surface area (Å²) < 4.78 is 45.6. The van der Waals surface area contributed by atoms with E-state index in [0.29, 0.717) is 60.7 Å². The van der Waals surface area contributed by atoms with E-state index >= 15 is 0 Å². The van der Waals surface area contributed by atoms with E-state index in [0.717, 1.165) is 36.8 Å². The number of aromatic nitrogens is 3. The number of piperidine rings is 2. The van der Waals surface area contributed by atoms with Gasteiger partial charge < -0.3 is 14.7 Å². The molecule has 2 aliphatic heterocycles. The van der Waals surface area contributed by atoms with Crippen molar-refractivity contribution in [2.75, 3.05) is 37.0 Å². The Labute approximate surface area is 250 Å². The van der Waals surface area contributed by atoms with Crippen LogP contribution >= 0.6 is 11.3 Å². The van der Waals surface area contributed by atoms with Gasteiger partial charge in [-0.05, 0) is 51.3 Å². The maximum Gasteiger partial charge on any atom is 0.419 e. The van der Waals surface area contributed by atoms with Crippen LogP contribution in [0.3, 0.4) is 0 Å². The van der Waals surface area contributed by atoms with Gasteiger partial charge in [0.15, 0.2) is 5.13 Å². The second-order valence-corrected chi connectivity index (χ2v) is 11.9. The van der Waals surface area contributed by atoms with Crippen molar-refractivity contribution in [1.29, 1.82) is 0 Å². The molecule has 10 nitrogen and oxygen atoms in total. The van der Waals surface area contributed by atoms with E-state index in [1.54, 1.807) is 0 Å². The average Bonchev–Trinajstić information content (AvgIpc) is 3.39. The molecule has 3 aromatic rings. The number of alkyl halides is 3. The first-order valence-electron chi connectivity index (χ1n) is 14.1. The summed E-state index contributed by atoms with van der Waals surface area (Å²) in [5.41, 5.74) is 0.138. The minimum atomic E-state index is -4.57. The molecule has 2 aliphatic rings. The maximum atomic E-state index is 13.5. The van der Waals surface area contributed by atoms with Gasteiger partial charge in [0, 0.05) is 36.1 Å². The molecule has 1 amide bonds. The molecule has 0 bridgehead atoms. The third-order valence-electron chi connectivity index (χ3n) is 8.02. The van der Waals surface area contributed by atoms with Crippen molar-refractivity contribution in [1.82, 2.24) is 19.9 Å². The Bertz CT molecular complexity index is 1460. The van der Waals surface area contributed by atoms with Crippen LogP contribution in [0.4, 0.5) is 24.1 Å². The lowest BCUT2D eigenvalue weighted by atomic mass is 9.97. The number of amides is 1. The number of nitrogens with one attached hydrogen (secondary N) is 1. The molecule has 2 saturated heterocycles. The van der Waals surface area contributed by atoms with E-state index in [-0.39, 0.29) is 17.4 Å². The van der Waals surface area contributed by atoms with Crippen LogP contribution in [-0.4, -0.2) is 69.6 Å². The highest BCUT2D eigenvalue weighted by molar-refractivity contribution is 7.16. The number of anilines is 2. The van der Waals surface area contributed by atoms with Crippen molar-refractivity contribution < 1.29 is 32.6 Å². The SMILES string of the molecule is COc1cc(-c2nc(NC(=O)c3cnc(N4CCC(C(=O)O)CC4)cn3)sc2CN2CCCCC2C)ccc1C(F)(F)F. The van der Waals surface area contributed by atoms with Crippen LogP contribution in [0.5, 0.6) is 5.75 Å². The van der Waals surface area contributed by atoms with Gasteiger partial charge >= 0.3 is 12.1 Å². The third kappa shape index (κ3) is 7.07. The second-order valence-electron chi connectivity index (χ2n) is 10.8. The fraction of sp³-hybridized carbons (Fsp3) is 0.483. The summed E-state index contributed by atoms with van der Waals surface area (Å²) in [4.78, 5) is 42.6. The van der Waals surface area contributed by atoms with Gasteiger partial charge in [-0.2, -0.15) is 13.2 Å². The Morgan fingerprint density at radius 1 is 1.12 bits per heavy atom. The Morgan fingerprint density at radius 2 is 1.88 bits per heavy atom. The Hall–Kier alpha value is -3.78. The molecule has 4 heterocycles. The number of likely N-dealkylation sites (tertiary alicyclic amines) is 1. The number of carboxylic acid groups (broad SMARTS) is 1. The molecular weight excluding hydrogens is 585 g/mol. The topological polar surface area (TPSA) is 121 Å². The molecule has 2 N–H and O–H groups in total. The standard InChI is InChI=1S/C29H33F3N6O4S/c1-17-5-3-4-10-38(17)16-23-25(19-6-7-20(29(30,31)32)22(13-19)42-2)35-28(43-23)36-26(39)21-14-34-24(15-33-21)37-11-8-18(9-12-37)27(40)41/h6-7,13-15,17-18H,3-5,8-12,16H2,1-2H3,(H,40,41)(H,35,36,39). The fourth-order valence-electron chi connectivity index (χ4n) is 5.51. The first-order valence-corrected chi connectivity index (χ1v) is 15.0. The van der Waals surface area contributed by atoms with Crippen molar-refractivity contribution >= 4 is 34.2 Å². The Kier molecular flexibility index (Phi) is 9.16. The summed E-state index contributed by atoms with van der Waals surface area (Å²) in [5, 5.41) is 12.3. The lowest BCUT2D eigenvalue weighted by Gasteiger charge is -2.33. The number of carboxylic acids is 1. The minimum Gasteiger partial charge on any atom is -0.496 e. The summed E-state index contributed by atoms with van der Waals surface area (Å²) in [6.45, 7) is 4.66. The van der Waals surface area contributed by atoms with E-state index in [4.69, 9.17) is 4.74 Å². The molecule has 0 aliphatic carbocycles. The quantitative estimate of drug-likeness (QED) is 0.335. The van der Waals surface area contributed by atoms with Gasteiger partial charge in [0.1, 0.15) is 17.3 Å². The number of carbonyl (C=O) groups excluding carboxylic acids is 1. The van der Waals surface area contributed by atoms with Crippen LogP contribution in [0, 0.1) is 5.92 Å². The van der Waals surface area contributed by atoms with Gasteiger partial charge in [0.25, 0.3) is 5.91 Å². The fourth-order valence-corrected chi connectivity index (χ4v) is 6.51. The number of hydrogen-bond acceptors (Lipinski definition) is 9. The molecule has 230 valence electrons. The van der Waals surface area contributed by atoms with Crippen LogP contribution in [0.25, 0.3) is 11.3 Å². The van der Waals surface area contributed by atoms with Crippen molar-refractivity contribution in [3.63, 3.8) is 0 Å². The zero-order valence-corrected chi connectivity index (χ0v) is 24.7. The van der Waals surface area contributed by atoms with Crippen LogP contribution in [0.15, 0.2) is 30.6 Å². The Balaban J connectivity index is 1.37. The van der Waals surface area contributed by atoms with Crippen molar-refractivity contribution in [3.05, 3.63) is 46.7 Å². The lowest BCUT2D eigenvalue weighted by Crippen LogP contribution is -2.36. The second kappa shape index (κ2) is 12.8. The molecule has 0 radical (unpaired) electrons. The minimum absolute atomic E-state index is 0.0725. The van der Waals surface area contributed by atoms with Gasteiger partial charge in [0.2, 0.25) is 0 Å². The molecular formula is C29H33F3N6O4S. The van der Waals surface area contributed by atoms with Gasteiger partial charge in [0.05, 0.1) is 36.7 Å². The Morgan fingerprint density at radius 3 is 2.51 bits per heavy atom. The van der Waals surface area contributed by atoms with Gasteiger partial charge in [-0.1, -0.05) is 23.8 Å². The molecule has 43 heavy (non-hydrogen) atoms. The van der Waals surface area contributed by atoms with Crippen molar-refractivity contribution in [2.24, 2.45) is 5.92 Å². The van der Waals surface area contributed by atoms with Crippen molar-refractivity contribution in [2.45, 2.75) is 57.8 Å². The van der Waals surface area contributed by atoms with Crippen LogP contribution in [-0.2, 0) is 17.5 Å². The largest absolute Gasteiger partial charge is 0.496 e. The predicted molar refractivity (Wildman–Crippen MR) is 155 cm³/mol. The lowest BCUT2D eigenvalue weighted by molar-refractivity contribution is -0.142. The number of carbonyl (C=O) groups is 2. The molecule has 1 unspecified atom stereocenters. The highest BCUT2D eigenvalue weighted by atomic mass is 32.1. The zero-order valence-electron chi connectivity index (χ0n) is 23.9. The number of halogens is 3. The highest BCUT2D eigenvalue weighted by Gasteiger charge is 2.35. The van der Waals surface area contributed by atoms with Crippen molar-refractivity contribution in [3.8, 4) is 17.0 Å². The summed E-state index contributed by atoms with van der Waals surface area (Å²) in [6.07, 6.45) is 2.55. The summed E-state index contributed by atoms with van der Waals surface area (Å²) in [7, 11) is 1.20. The molecule has 2 fully saturated rings. The first kappa shape index (κ1) is 30.7. The van der Waals surface area contributed by atoms with Gasteiger partial charge in [-0.25, -0.2) is 15.0 Å². The smallest absolute Gasteiger partial charge is 0.419 e. The third-order valence-corrected chi connectivity index (χ3v) is 8.98. The predicted octanol–water partition coefficient (Wildman–Crippen LogP) is 5.56. The number of benzene rings is 1. The number of nitrogens with zero attached hydrogens (tertiary/aromatic N) is 5. The first-order chi connectivity index (χ1) is 20.5. The number of hydrogen-bond donors (Lipinski definition) is 2. The van der Waals surface area contributed by atoms with E-state index in [1.165, 1.54) is 43.0 Å². The molecule has 5 rings (SSSR count). The highest BCUT2D eigenvalue weighted by Crippen LogP contribution is 2.40. The molecule has 0 saturated carbocycles. The molecule has 0 spiro atoms. The van der Waals surface area contributed by atoms with E-state index < -0.39 is 23.6 Å². The van der Waals surface area contributed by atoms with Gasteiger partial charge in [-0.15, -0.1) is 0 Å². The number of ether oxygens (including phenoxy) is 1. The molecule has 1 aromatic carbocycles. The monoisotopic (exact) mass is 618 g/mol. The molecule has 14 heteroatoms. The molecule has 1 atom stereocenters. The van der Waals surface area contributed by atoms with Gasteiger partial charge in [-0.3, -0.25) is 19.8 Å². The maximum absolute atomic E-state index is 13.5. The van der Waals surface area contributed by atoms with E-state index in [1.807, 2.05) is 4.90 Å². The summed E-state index contributed by atoms with van der Waals surface area (Å²) in [6, 6.07) is 4.03. The van der Waals surface area contributed by atoms with Crippen LogP contribution < -0.4 is 15.0 Å². The number of aliphatic carboxylic acids is 1. The number of thiazole rings is 1. The number of methoxy groups -OCH3 is 1. The molecule has 2 aromatic heterocycles. The van der Waals surface area contributed by atoms with E-state index in [9.17, 15) is 27.9 Å². The summed E-state index contributed by atoms with van der Waals surface area (Å²) in [5.74, 6) is -1.43. The normalized spacial score (nSPS) is 18.4. The number of rotatable bonds is 8. The zero-order chi connectivity index (χ0) is 30.7. The summed E-state index contributed by atoms with van der Waals surface area (Å²) >= 11 is 1.27. The van der Waals surface area contributed by atoms with Crippen LogP contribution in [0.2, 0.25) is 0 Å².